The summed E-state index contributed by atoms with van der Waals surface area (Å²) in [5, 5.41) is 1.99. The Bertz CT molecular complexity index is 376. The number of nitrogens with two attached hydrogens (primary N) is 2. The number of hydrogen-bond acceptors (Lipinski definition) is 3. The Hall–Kier alpha value is -1.59. The van der Waals surface area contributed by atoms with Crippen LogP contribution in [0.15, 0.2) is 18.2 Å². The summed E-state index contributed by atoms with van der Waals surface area (Å²) in [6.45, 7) is 3.83. The predicted octanol–water partition coefficient (Wildman–Crippen LogP) is 0.909. The Kier molecular flexibility index (Phi) is 3.28. The molecule has 0 spiro atoms. The maximum absolute atomic E-state index is 11.5. The van der Waals surface area contributed by atoms with E-state index in [2.05, 4.69) is 0 Å². The summed E-state index contributed by atoms with van der Waals surface area (Å²) in [6, 6.07) is 5.26. The van der Waals surface area contributed by atoms with Gasteiger partial charge in [-0.1, -0.05) is 12.1 Å². The Morgan fingerprint density at radius 2 is 1.87 bits per heavy atom. The van der Waals surface area contributed by atoms with Crippen molar-refractivity contribution >= 4 is 11.7 Å². The molecule has 0 aliphatic carbocycles. The summed E-state index contributed by atoms with van der Waals surface area (Å²) >= 11 is 0. The summed E-state index contributed by atoms with van der Waals surface area (Å²) in [5.41, 5.74) is 2.63. The number of carbonyl (C=O) groups is 1. The minimum absolute atomic E-state index is 0.455. The van der Waals surface area contributed by atoms with Crippen molar-refractivity contribution in [2.45, 2.75) is 13.8 Å². The van der Waals surface area contributed by atoms with Crippen LogP contribution in [0.2, 0.25) is 0 Å². The molecule has 0 saturated carbocycles. The lowest BCUT2D eigenvalue weighted by molar-refractivity contribution is 0.216. The van der Waals surface area contributed by atoms with Crippen LogP contribution in [0.4, 0.5) is 10.5 Å². The molecule has 1 aromatic rings. The van der Waals surface area contributed by atoms with Crippen LogP contribution in [-0.2, 0) is 0 Å². The molecule has 1 rings (SSSR count). The maximum Gasteiger partial charge on any atom is 0.352 e. The second-order valence-corrected chi connectivity index (χ2v) is 3.55. The van der Waals surface area contributed by atoms with Gasteiger partial charge in [-0.3, -0.25) is 5.01 Å². The normalized spacial score (nSPS) is 9.93. The smallest absolute Gasteiger partial charge is 0.264 e. The third-order valence-corrected chi connectivity index (χ3v) is 2.13. The van der Waals surface area contributed by atoms with E-state index < -0.39 is 6.03 Å². The van der Waals surface area contributed by atoms with Gasteiger partial charge < -0.3 is 0 Å². The van der Waals surface area contributed by atoms with Gasteiger partial charge in [0.1, 0.15) is 0 Å². The molecule has 0 fully saturated rings. The number of hydrogen-bond donors (Lipinski definition) is 2. The largest absolute Gasteiger partial charge is 0.352 e. The zero-order valence-corrected chi connectivity index (χ0v) is 9.19. The monoisotopic (exact) mass is 208 g/mol. The molecule has 2 amide bonds. The van der Waals surface area contributed by atoms with Crippen LogP contribution >= 0.6 is 0 Å². The van der Waals surface area contributed by atoms with Crippen molar-refractivity contribution < 1.29 is 4.79 Å². The molecule has 15 heavy (non-hydrogen) atoms. The van der Waals surface area contributed by atoms with Crippen LogP contribution in [-0.4, -0.2) is 18.1 Å². The lowest BCUT2D eigenvalue weighted by Crippen LogP contribution is -2.48. The van der Waals surface area contributed by atoms with Gasteiger partial charge in [0, 0.05) is 7.05 Å². The molecule has 0 bridgehead atoms. The highest BCUT2D eigenvalue weighted by atomic mass is 16.2. The third kappa shape index (κ3) is 2.45. The first-order chi connectivity index (χ1) is 6.93. The van der Waals surface area contributed by atoms with Crippen molar-refractivity contribution in [3.8, 4) is 0 Å². The zero-order valence-electron chi connectivity index (χ0n) is 9.19. The predicted molar refractivity (Wildman–Crippen MR) is 59.9 cm³/mol. The lowest BCUT2D eigenvalue weighted by atomic mass is 10.1. The van der Waals surface area contributed by atoms with Gasteiger partial charge in [0.05, 0.1) is 5.69 Å². The fourth-order valence-corrected chi connectivity index (χ4v) is 1.25. The zero-order chi connectivity index (χ0) is 11.6. The standard InChI is InChI=1S/C10H16N4O/c1-7-4-5-8(2)9(6-7)14(12)10(15)13(3)11/h4-6H,11-12H2,1-3H3. The highest BCUT2D eigenvalue weighted by Gasteiger charge is 2.15. The van der Waals surface area contributed by atoms with E-state index in [9.17, 15) is 4.79 Å². The van der Waals surface area contributed by atoms with Crippen molar-refractivity contribution in [1.82, 2.24) is 5.01 Å². The lowest BCUT2D eigenvalue weighted by Gasteiger charge is -2.22. The van der Waals surface area contributed by atoms with Gasteiger partial charge in [0.15, 0.2) is 0 Å². The van der Waals surface area contributed by atoms with Gasteiger partial charge in [-0.2, -0.15) is 0 Å². The molecule has 5 heteroatoms. The van der Waals surface area contributed by atoms with E-state index in [4.69, 9.17) is 11.7 Å². The number of anilines is 1. The summed E-state index contributed by atoms with van der Waals surface area (Å²) < 4.78 is 0. The Balaban J connectivity index is 3.05. The van der Waals surface area contributed by atoms with Crippen LogP contribution in [0.3, 0.4) is 0 Å². The molecule has 5 nitrogen and oxygen atoms in total. The molecular formula is C10H16N4O. The molecule has 0 aliphatic rings. The number of hydrazine groups is 2. The molecule has 0 atom stereocenters. The summed E-state index contributed by atoms with van der Waals surface area (Å²) in [6.07, 6.45) is 0. The number of benzene rings is 1. The molecule has 1 aromatic carbocycles. The SMILES string of the molecule is Cc1ccc(C)c(N(N)C(=O)N(C)N)c1. The first kappa shape index (κ1) is 11.5. The topological polar surface area (TPSA) is 75.6 Å². The van der Waals surface area contributed by atoms with Crippen LogP contribution < -0.4 is 16.7 Å². The van der Waals surface area contributed by atoms with Crippen molar-refractivity contribution in [2.24, 2.45) is 11.7 Å². The van der Waals surface area contributed by atoms with E-state index in [1.54, 1.807) is 0 Å². The number of aryl methyl sites for hydroxylation is 2. The highest BCUT2D eigenvalue weighted by Crippen LogP contribution is 2.19. The molecule has 0 heterocycles. The van der Waals surface area contributed by atoms with Crippen molar-refractivity contribution in [1.29, 1.82) is 0 Å². The van der Waals surface area contributed by atoms with Gasteiger partial charge in [-0.05, 0) is 31.0 Å². The van der Waals surface area contributed by atoms with Crippen molar-refractivity contribution in [3.63, 3.8) is 0 Å². The fourth-order valence-electron chi connectivity index (χ4n) is 1.25. The van der Waals surface area contributed by atoms with Crippen molar-refractivity contribution in [2.75, 3.05) is 12.1 Å². The average molecular weight is 208 g/mol. The molecule has 0 aromatic heterocycles. The number of urea groups is 1. The van der Waals surface area contributed by atoms with Gasteiger partial charge >= 0.3 is 6.03 Å². The van der Waals surface area contributed by atoms with Crippen LogP contribution in [0.5, 0.6) is 0 Å². The van der Waals surface area contributed by atoms with Crippen LogP contribution in [0.25, 0.3) is 0 Å². The minimum atomic E-state index is -0.455. The molecule has 0 unspecified atom stereocenters. The number of amides is 2. The number of nitrogens with zero attached hydrogens (tertiary/aromatic N) is 2. The summed E-state index contributed by atoms with van der Waals surface area (Å²) in [4.78, 5) is 11.5. The Labute approximate surface area is 89.2 Å². The van der Waals surface area contributed by atoms with Gasteiger partial charge in [0.25, 0.3) is 0 Å². The average Bonchev–Trinajstić information content (AvgIpc) is 2.19. The second-order valence-electron chi connectivity index (χ2n) is 3.55. The van der Waals surface area contributed by atoms with Gasteiger partial charge in [0.2, 0.25) is 0 Å². The fraction of sp³-hybridized carbons (Fsp3) is 0.300. The van der Waals surface area contributed by atoms with E-state index in [0.717, 1.165) is 21.1 Å². The van der Waals surface area contributed by atoms with E-state index in [1.165, 1.54) is 7.05 Å². The highest BCUT2D eigenvalue weighted by molar-refractivity contribution is 5.91. The molecule has 0 saturated heterocycles. The van der Waals surface area contributed by atoms with Gasteiger partial charge in [-0.15, -0.1) is 0 Å². The first-order valence-electron chi connectivity index (χ1n) is 4.58. The number of carbonyl (C=O) groups excluding carboxylic acids is 1. The summed E-state index contributed by atoms with van der Waals surface area (Å²) in [7, 11) is 1.45. The summed E-state index contributed by atoms with van der Waals surface area (Å²) in [5.74, 6) is 11.0. The van der Waals surface area contributed by atoms with Crippen LogP contribution in [0, 0.1) is 13.8 Å². The quantitative estimate of drug-likeness (QED) is 0.409. The van der Waals surface area contributed by atoms with Gasteiger partial charge in [-0.25, -0.2) is 21.5 Å². The third-order valence-electron chi connectivity index (χ3n) is 2.13. The van der Waals surface area contributed by atoms with E-state index in [1.807, 2.05) is 32.0 Å². The molecule has 82 valence electrons. The molecule has 0 aliphatic heterocycles. The minimum Gasteiger partial charge on any atom is -0.264 e. The second kappa shape index (κ2) is 4.29. The van der Waals surface area contributed by atoms with E-state index in [0.29, 0.717) is 5.69 Å². The molecule has 4 N–H and O–H groups in total. The Morgan fingerprint density at radius 3 is 2.40 bits per heavy atom. The molecular weight excluding hydrogens is 192 g/mol. The van der Waals surface area contributed by atoms with Crippen molar-refractivity contribution in [3.05, 3.63) is 29.3 Å². The van der Waals surface area contributed by atoms with E-state index in [-0.39, 0.29) is 0 Å². The van der Waals surface area contributed by atoms with E-state index >= 15 is 0 Å². The Morgan fingerprint density at radius 1 is 1.27 bits per heavy atom. The molecule has 0 radical (unpaired) electrons. The maximum atomic E-state index is 11.5. The first-order valence-corrected chi connectivity index (χ1v) is 4.58. The van der Waals surface area contributed by atoms with Crippen LogP contribution in [0.1, 0.15) is 11.1 Å². The number of rotatable bonds is 1.